The van der Waals surface area contributed by atoms with Gasteiger partial charge in [-0.15, -0.1) is 0 Å². The maximum absolute atomic E-state index is 12.4. The van der Waals surface area contributed by atoms with Crippen LogP contribution in [-0.4, -0.2) is 60.6 Å². The SMILES string of the molecule is CC(C)(C)NC(=O)NC1CCN(c2nc(Sc3cnc4nccnc4c3)nc3[nH]c(C4CC4)c(Cl)c23)C1. The minimum Gasteiger partial charge on any atom is -0.354 e. The molecule has 1 saturated carbocycles. The maximum Gasteiger partial charge on any atom is 0.315 e. The van der Waals surface area contributed by atoms with Gasteiger partial charge in [-0.2, -0.15) is 0 Å². The van der Waals surface area contributed by atoms with E-state index in [1.807, 2.05) is 26.8 Å². The van der Waals surface area contributed by atoms with E-state index >= 15 is 0 Å². The number of rotatable bonds is 5. The number of nitrogens with zero attached hydrogens (tertiary/aromatic N) is 6. The number of carbonyl (C=O) groups is 1. The summed E-state index contributed by atoms with van der Waals surface area (Å²) in [5, 5.41) is 8.21. The molecule has 4 aromatic heterocycles. The number of pyridine rings is 1. The van der Waals surface area contributed by atoms with Crippen molar-refractivity contribution in [2.75, 3.05) is 18.0 Å². The molecule has 0 bridgehead atoms. The van der Waals surface area contributed by atoms with E-state index in [1.165, 1.54) is 11.8 Å². The number of amides is 2. The topological polar surface area (TPSA) is 125 Å². The quantitative estimate of drug-likeness (QED) is 0.314. The zero-order valence-electron chi connectivity index (χ0n) is 20.9. The van der Waals surface area contributed by atoms with Gasteiger partial charge in [0.15, 0.2) is 10.8 Å². The fourth-order valence-corrected chi connectivity index (χ4v) is 5.73. The molecule has 1 unspecified atom stereocenters. The molecule has 6 rings (SSSR count). The molecule has 12 heteroatoms. The van der Waals surface area contributed by atoms with Crippen LogP contribution in [0, 0.1) is 0 Å². The third kappa shape index (κ3) is 5.15. The van der Waals surface area contributed by atoms with Gasteiger partial charge >= 0.3 is 6.03 Å². The number of H-pyrrole nitrogens is 1. The van der Waals surface area contributed by atoms with Crippen molar-refractivity contribution in [3.05, 3.63) is 35.4 Å². The van der Waals surface area contributed by atoms with Crippen molar-refractivity contribution in [3.63, 3.8) is 0 Å². The van der Waals surface area contributed by atoms with Crippen LogP contribution < -0.4 is 15.5 Å². The van der Waals surface area contributed by atoms with E-state index in [0.29, 0.717) is 28.3 Å². The first kappa shape index (κ1) is 24.2. The van der Waals surface area contributed by atoms with Crippen LogP contribution in [0.15, 0.2) is 34.7 Å². The lowest BCUT2D eigenvalue weighted by Crippen LogP contribution is -2.50. The third-order valence-corrected chi connectivity index (χ3v) is 7.60. The number of aromatic nitrogens is 6. The normalized spacial score (nSPS) is 18.1. The largest absolute Gasteiger partial charge is 0.354 e. The smallest absolute Gasteiger partial charge is 0.315 e. The number of anilines is 1. The Bertz CT molecular complexity index is 1500. The van der Waals surface area contributed by atoms with Gasteiger partial charge in [-0.25, -0.2) is 24.7 Å². The molecule has 10 nitrogen and oxygen atoms in total. The van der Waals surface area contributed by atoms with Gasteiger partial charge in [0.2, 0.25) is 0 Å². The Balaban J connectivity index is 1.31. The Labute approximate surface area is 223 Å². The summed E-state index contributed by atoms with van der Waals surface area (Å²) >= 11 is 8.32. The molecule has 4 aromatic rings. The van der Waals surface area contributed by atoms with E-state index in [-0.39, 0.29) is 17.6 Å². The predicted octanol–water partition coefficient (Wildman–Crippen LogP) is 4.65. The first-order valence-corrected chi connectivity index (χ1v) is 13.6. The molecular weight excluding hydrogens is 510 g/mol. The van der Waals surface area contributed by atoms with E-state index < -0.39 is 0 Å². The number of halogens is 1. The van der Waals surface area contributed by atoms with Gasteiger partial charge in [-0.3, -0.25) is 4.98 Å². The number of nitrogens with one attached hydrogen (secondary N) is 3. The molecule has 0 radical (unpaired) electrons. The zero-order valence-corrected chi connectivity index (χ0v) is 22.4. The monoisotopic (exact) mass is 537 g/mol. The summed E-state index contributed by atoms with van der Waals surface area (Å²) in [5.74, 6) is 1.23. The molecule has 1 aliphatic heterocycles. The number of carbonyl (C=O) groups excluding carboxylic acids is 1. The van der Waals surface area contributed by atoms with Crippen molar-refractivity contribution in [3.8, 4) is 0 Å². The van der Waals surface area contributed by atoms with Crippen molar-refractivity contribution in [1.82, 2.24) is 40.5 Å². The molecule has 3 N–H and O–H groups in total. The van der Waals surface area contributed by atoms with Crippen LogP contribution in [0.2, 0.25) is 5.02 Å². The zero-order chi connectivity index (χ0) is 25.7. The summed E-state index contributed by atoms with van der Waals surface area (Å²) in [6.45, 7) is 7.29. The Kier molecular flexibility index (Phi) is 6.07. The van der Waals surface area contributed by atoms with Crippen molar-refractivity contribution in [2.24, 2.45) is 0 Å². The van der Waals surface area contributed by atoms with Crippen molar-refractivity contribution in [1.29, 1.82) is 0 Å². The van der Waals surface area contributed by atoms with Crippen LogP contribution in [0.3, 0.4) is 0 Å². The second-order valence-corrected chi connectivity index (χ2v) is 12.1. The first-order chi connectivity index (χ1) is 17.7. The number of fused-ring (bicyclic) bond motifs is 2. The molecule has 37 heavy (non-hydrogen) atoms. The van der Waals surface area contributed by atoms with Gasteiger partial charge in [-0.1, -0.05) is 11.6 Å². The van der Waals surface area contributed by atoms with Gasteiger partial charge in [0.25, 0.3) is 0 Å². The molecule has 2 fully saturated rings. The van der Waals surface area contributed by atoms with Crippen molar-refractivity contribution in [2.45, 2.75) is 67.6 Å². The summed E-state index contributed by atoms with van der Waals surface area (Å²) in [6, 6.07) is 1.78. The molecule has 2 amide bonds. The van der Waals surface area contributed by atoms with Crippen molar-refractivity contribution >= 4 is 57.4 Å². The van der Waals surface area contributed by atoms with E-state index in [4.69, 9.17) is 21.6 Å². The minimum atomic E-state index is -0.297. The maximum atomic E-state index is 12.4. The number of hydrogen-bond acceptors (Lipinski definition) is 8. The number of hydrogen-bond donors (Lipinski definition) is 3. The highest BCUT2D eigenvalue weighted by Crippen LogP contribution is 2.47. The number of aromatic amines is 1. The van der Waals surface area contributed by atoms with Crippen LogP contribution >= 0.6 is 23.4 Å². The summed E-state index contributed by atoms with van der Waals surface area (Å²) < 4.78 is 0. The Morgan fingerprint density at radius 1 is 1.16 bits per heavy atom. The highest BCUT2D eigenvalue weighted by atomic mass is 35.5. The summed E-state index contributed by atoms with van der Waals surface area (Å²) in [5.41, 5.74) is 2.79. The van der Waals surface area contributed by atoms with Gasteiger partial charge in [0.1, 0.15) is 17.0 Å². The highest BCUT2D eigenvalue weighted by molar-refractivity contribution is 7.99. The fourth-order valence-electron chi connectivity index (χ4n) is 4.60. The molecule has 0 spiro atoms. The van der Waals surface area contributed by atoms with Crippen molar-refractivity contribution < 1.29 is 4.79 Å². The number of urea groups is 1. The predicted molar refractivity (Wildman–Crippen MR) is 144 cm³/mol. The summed E-state index contributed by atoms with van der Waals surface area (Å²) in [6.07, 6.45) is 8.10. The van der Waals surface area contributed by atoms with Crippen LogP contribution in [-0.2, 0) is 0 Å². The third-order valence-electron chi connectivity index (χ3n) is 6.38. The lowest BCUT2D eigenvalue weighted by atomic mass is 10.1. The summed E-state index contributed by atoms with van der Waals surface area (Å²) in [7, 11) is 0. The van der Waals surface area contributed by atoms with Gasteiger partial charge in [0, 0.05) is 59.8 Å². The van der Waals surface area contributed by atoms with E-state index in [0.717, 1.165) is 58.8 Å². The van der Waals surface area contributed by atoms with Crippen LogP contribution in [0.1, 0.15) is 51.6 Å². The molecule has 1 saturated heterocycles. The van der Waals surface area contributed by atoms with E-state index in [1.54, 1.807) is 18.6 Å². The van der Waals surface area contributed by atoms with Gasteiger partial charge in [-0.05, 0) is 57.9 Å². The second-order valence-electron chi connectivity index (χ2n) is 10.6. The fraction of sp³-hybridized carbons (Fsp3) is 0.440. The summed E-state index contributed by atoms with van der Waals surface area (Å²) in [4.78, 5) is 41.8. The highest BCUT2D eigenvalue weighted by Gasteiger charge is 2.33. The van der Waals surface area contributed by atoms with Crippen LogP contribution in [0.4, 0.5) is 10.6 Å². The first-order valence-electron chi connectivity index (χ1n) is 12.4. The van der Waals surface area contributed by atoms with Gasteiger partial charge < -0.3 is 20.5 Å². The van der Waals surface area contributed by atoms with Crippen LogP contribution in [0.5, 0.6) is 0 Å². The van der Waals surface area contributed by atoms with E-state index in [9.17, 15) is 4.79 Å². The lowest BCUT2D eigenvalue weighted by Gasteiger charge is -2.23. The molecule has 2 aliphatic rings. The molecule has 5 heterocycles. The van der Waals surface area contributed by atoms with Crippen LogP contribution in [0.25, 0.3) is 22.2 Å². The molecule has 1 atom stereocenters. The average molecular weight is 538 g/mol. The lowest BCUT2D eigenvalue weighted by molar-refractivity contribution is 0.229. The van der Waals surface area contributed by atoms with E-state index in [2.05, 4.69) is 35.5 Å². The van der Waals surface area contributed by atoms with Gasteiger partial charge in [0.05, 0.1) is 10.4 Å². The molecule has 0 aromatic carbocycles. The Morgan fingerprint density at radius 3 is 2.76 bits per heavy atom. The molecule has 1 aliphatic carbocycles. The average Bonchev–Trinajstić information content (AvgIpc) is 3.49. The second kappa shape index (κ2) is 9.29. The Morgan fingerprint density at radius 2 is 1.97 bits per heavy atom. The standard InChI is InChI=1S/C25H28ClN9OS/c1-25(2,3)34-23(36)30-14-6-9-35(12-14)22-17-18(26)19(13-4-5-13)31-21(17)32-24(33-22)37-15-10-16-20(29-11-15)28-8-7-27-16/h7-8,10-11,13-14H,4-6,9,12H2,1-3H3,(H2,30,34,36)(H,31,32,33). The molecular formula is C25H28ClN9OS. The molecule has 192 valence electrons. The minimum absolute atomic E-state index is 0.00681. The Hall–Kier alpha value is -3.18.